The number of hydrogen-bond donors (Lipinski definition) is 2. The molecular weight excluding hydrogens is 352 g/mol. The standard InChI is InChI=1S/C21H26N6O/c1-26-10-6-8-19(26)17-13-18(25-24-17)21(28)23-15-20(16-7-5-9-22-14-16)27-11-3-2-4-12-27/h5-10,13-14,20H,2-4,11-12,15H2,1H3,(H,23,28)(H,24,25). The van der Waals surface area contributed by atoms with Gasteiger partial charge in [0.15, 0.2) is 0 Å². The number of aromatic nitrogens is 4. The van der Waals surface area contributed by atoms with Gasteiger partial charge < -0.3 is 9.88 Å². The summed E-state index contributed by atoms with van der Waals surface area (Å²) in [4.78, 5) is 19.4. The van der Waals surface area contributed by atoms with Crippen molar-refractivity contribution in [1.82, 2.24) is 30.0 Å². The lowest BCUT2D eigenvalue weighted by atomic mass is 10.0. The summed E-state index contributed by atoms with van der Waals surface area (Å²) in [6, 6.07) is 9.91. The molecule has 1 unspecified atom stereocenters. The van der Waals surface area contributed by atoms with Crippen LogP contribution in [0.1, 0.15) is 41.4 Å². The second kappa shape index (κ2) is 8.39. The van der Waals surface area contributed by atoms with Gasteiger partial charge in [0.05, 0.1) is 11.7 Å². The number of carbonyl (C=O) groups excluding carboxylic acids is 1. The van der Waals surface area contributed by atoms with Crippen LogP contribution in [0.2, 0.25) is 0 Å². The Morgan fingerprint density at radius 2 is 2.11 bits per heavy atom. The van der Waals surface area contributed by atoms with E-state index < -0.39 is 0 Å². The molecule has 7 nitrogen and oxygen atoms in total. The minimum atomic E-state index is -0.140. The van der Waals surface area contributed by atoms with Crippen molar-refractivity contribution < 1.29 is 4.79 Å². The number of piperidine rings is 1. The fourth-order valence-electron chi connectivity index (χ4n) is 3.84. The Morgan fingerprint density at radius 3 is 2.82 bits per heavy atom. The molecule has 0 spiro atoms. The Hall–Kier alpha value is -2.93. The van der Waals surface area contributed by atoms with Crippen LogP contribution in [0.15, 0.2) is 48.9 Å². The average Bonchev–Trinajstić information content (AvgIpc) is 3.38. The molecule has 3 aromatic heterocycles. The first-order valence-electron chi connectivity index (χ1n) is 9.81. The van der Waals surface area contributed by atoms with Crippen LogP contribution in [0.3, 0.4) is 0 Å². The van der Waals surface area contributed by atoms with Crippen molar-refractivity contribution >= 4 is 5.91 Å². The van der Waals surface area contributed by atoms with Crippen molar-refractivity contribution in [2.45, 2.75) is 25.3 Å². The van der Waals surface area contributed by atoms with Gasteiger partial charge in [-0.2, -0.15) is 5.10 Å². The van der Waals surface area contributed by atoms with Crippen molar-refractivity contribution in [1.29, 1.82) is 0 Å². The zero-order valence-corrected chi connectivity index (χ0v) is 16.1. The molecule has 1 aliphatic rings. The van der Waals surface area contributed by atoms with Crippen LogP contribution in [-0.2, 0) is 7.05 Å². The molecule has 2 N–H and O–H groups in total. The molecule has 3 aromatic rings. The summed E-state index contributed by atoms with van der Waals surface area (Å²) in [5, 5.41) is 10.2. The summed E-state index contributed by atoms with van der Waals surface area (Å²) in [6.07, 6.45) is 9.32. The minimum Gasteiger partial charge on any atom is -0.349 e. The van der Waals surface area contributed by atoms with E-state index in [-0.39, 0.29) is 11.9 Å². The molecule has 7 heteroatoms. The Kier molecular flexibility index (Phi) is 5.53. The summed E-state index contributed by atoms with van der Waals surface area (Å²) in [5.74, 6) is -0.140. The molecule has 0 aliphatic carbocycles. The van der Waals surface area contributed by atoms with Gasteiger partial charge in [0, 0.05) is 32.2 Å². The maximum absolute atomic E-state index is 12.7. The van der Waals surface area contributed by atoms with Crippen molar-refractivity contribution in [2.75, 3.05) is 19.6 Å². The van der Waals surface area contributed by atoms with E-state index in [1.807, 2.05) is 42.2 Å². The van der Waals surface area contributed by atoms with Gasteiger partial charge >= 0.3 is 0 Å². The van der Waals surface area contributed by atoms with Crippen LogP contribution in [-0.4, -0.2) is 50.2 Å². The first kappa shape index (κ1) is 18.4. The SMILES string of the molecule is Cn1cccc1-c1cc(C(=O)NCC(c2cccnc2)N2CCCCC2)[nH]n1. The van der Waals surface area contributed by atoms with E-state index in [1.54, 1.807) is 12.3 Å². The third-order valence-corrected chi connectivity index (χ3v) is 5.39. The number of hydrogen-bond acceptors (Lipinski definition) is 4. The number of H-pyrrole nitrogens is 1. The van der Waals surface area contributed by atoms with Gasteiger partial charge in [-0.25, -0.2) is 0 Å². The highest BCUT2D eigenvalue weighted by Crippen LogP contribution is 2.24. The Morgan fingerprint density at radius 1 is 1.25 bits per heavy atom. The number of rotatable bonds is 6. The van der Waals surface area contributed by atoms with E-state index in [9.17, 15) is 4.79 Å². The first-order chi connectivity index (χ1) is 13.7. The number of pyridine rings is 1. The molecule has 4 heterocycles. The summed E-state index contributed by atoms with van der Waals surface area (Å²) in [6.45, 7) is 2.65. The fraction of sp³-hybridized carbons (Fsp3) is 0.381. The number of nitrogens with zero attached hydrogens (tertiary/aromatic N) is 4. The molecule has 0 radical (unpaired) electrons. The van der Waals surface area contributed by atoms with Crippen LogP contribution in [0.25, 0.3) is 11.4 Å². The van der Waals surface area contributed by atoms with E-state index in [1.165, 1.54) is 19.3 Å². The summed E-state index contributed by atoms with van der Waals surface area (Å²) >= 11 is 0. The number of amides is 1. The second-order valence-electron chi connectivity index (χ2n) is 7.28. The Bertz CT molecular complexity index is 910. The molecule has 1 aliphatic heterocycles. The topological polar surface area (TPSA) is 78.8 Å². The first-order valence-corrected chi connectivity index (χ1v) is 9.81. The lowest BCUT2D eigenvalue weighted by Crippen LogP contribution is -2.40. The van der Waals surface area contributed by atoms with E-state index >= 15 is 0 Å². The highest BCUT2D eigenvalue weighted by atomic mass is 16.1. The fourth-order valence-corrected chi connectivity index (χ4v) is 3.84. The monoisotopic (exact) mass is 378 g/mol. The predicted octanol–water partition coefficient (Wildman–Crippen LogP) is 2.77. The van der Waals surface area contributed by atoms with E-state index in [0.717, 1.165) is 30.0 Å². The Labute approximate surface area is 164 Å². The minimum absolute atomic E-state index is 0.133. The van der Waals surface area contributed by atoms with Crippen LogP contribution in [0.4, 0.5) is 0 Å². The van der Waals surface area contributed by atoms with E-state index in [2.05, 4.69) is 31.5 Å². The van der Waals surface area contributed by atoms with E-state index in [0.29, 0.717) is 12.2 Å². The van der Waals surface area contributed by atoms with Gasteiger partial charge in [-0.3, -0.25) is 19.8 Å². The number of aromatic amines is 1. The third-order valence-electron chi connectivity index (χ3n) is 5.39. The quantitative estimate of drug-likeness (QED) is 0.691. The highest BCUT2D eigenvalue weighted by molar-refractivity contribution is 5.93. The van der Waals surface area contributed by atoms with Crippen molar-refractivity contribution in [3.05, 3.63) is 60.2 Å². The van der Waals surface area contributed by atoms with Crippen LogP contribution < -0.4 is 5.32 Å². The normalized spacial score (nSPS) is 16.0. The number of carbonyl (C=O) groups is 1. The molecule has 28 heavy (non-hydrogen) atoms. The number of aryl methyl sites for hydroxylation is 1. The molecule has 0 aromatic carbocycles. The largest absolute Gasteiger partial charge is 0.349 e. The molecule has 1 atom stereocenters. The smallest absolute Gasteiger partial charge is 0.269 e. The maximum Gasteiger partial charge on any atom is 0.269 e. The van der Waals surface area contributed by atoms with Crippen molar-refractivity contribution in [2.24, 2.45) is 7.05 Å². The van der Waals surface area contributed by atoms with E-state index in [4.69, 9.17) is 0 Å². The lowest BCUT2D eigenvalue weighted by Gasteiger charge is -2.34. The van der Waals surface area contributed by atoms with Gasteiger partial charge in [-0.05, 0) is 55.8 Å². The molecule has 0 saturated carbocycles. The number of likely N-dealkylation sites (tertiary alicyclic amines) is 1. The van der Waals surface area contributed by atoms with Crippen molar-refractivity contribution in [3.63, 3.8) is 0 Å². The van der Waals surface area contributed by atoms with Crippen LogP contribution in [0.5, 0.6) is 0 Å². The summed E-state index contributed by atoms with van der Waals surface area (Å²) in [5.41, 5.74) is 3.34. The third kappa shape index (κ3) is 3.99. The zero-order chi connectivity index (χ0) is 19.3. The zero-order valence-electron chi connectivity index (χ0n) is 16.1. The summed E-state index contributed by atoms with van der Waals surface area (Å²) < 4.78 is 1.98. The lowest BCUT2D eigenvalue weighted by molar-refractivity contribution is 0.0919. The van der Waals surface area contributed by atoms with Gasteiger partial charge in [-0.1, -0.05) is 12.5 Å². The van der Waals surface area contributed by atoms with Crippen molar-refractivity contribution in [3.8, 4) is 11.4 Å². The molecular formula is C21H26N6O. The molecule has 1 amide bonds. The molecule has 146 valence electrons. The van der Waals surface area contributed by atoms with Gasteiger partial charge in [0.25, 0.3) is 5.91 Å². The molecule has 4 rings (SSSR count). The van der Waals surface area contributed by atoms with Gasteiger partial charge in [0.1, 0.15) is 11.4 Å². The van der Waals surface area contributed by atoms with Gasteiger partial charge in [0.2, 0.25) is 0 Å². The van der Waals surface area contributed by atoms with Gasteiger partial charge in [-0.15, -0.1) is 0 Å². The second-order valence-corrected chi connectivity index (χ2v) is 7.28. The van der Waals surface area contributed by atoms with Crippen LogP contribution in [0, 0.1) is 0 Å². The highest BCUT2D eigenvalue weighted by Gasteiger charge is 2.23. The maximum atomic E-state index is 12.7. The number of nitrogens with one attached hydrogen (secondary N) is 2. The Balaban J connectivity index is 1.45. The molecule has 1 fully saturated rings. The summed E-state index contributed by atoms with van der Waals surface area (Å²) in [7, 11) is 1.96. The molecule has 0 bridgehead atoms. The predicted molar refractivity (Wildman–Crippen MR) is 108 cm³/mol. The molecule has 1 saturated heterocycles. The average molecular weight is 378 g/mol. The van der Waals surface area contributed by atoms with Crippen LogP contribution >= 0.6 is 0 Å².